The molecule has 3 aromatic rings. The summed E-state index contributed by atoms with van der Waals surface area (Å²) in [6.07, 6.45) is -1.10. The molecule has 0 bridgehead atoms. The van der Waals surface area contributed by atoms with E-state index in [1.165, 1.54) is 13.1 Å². The van der Waals surface area contributed by atoms with Gasteiger partial charge in [-0.25, -0.2) is 9.59 Å². The number of aromatic nitrogens is 1. The maximum atomic E-state index is 11.7. The number of fused-ring (bicyclic) bond motifs is 1. The van der Waals surface area contributed by atoms with Gasteiger partial charge in [0.25, 0.3) is 0 Å². The molecule has 0 fully saturated rings. The summed E-state index contributed by atoms with van der Waals surface area (Å²) in [5.74, 6) is -1.07. The number of carbonyl (C=O) groups is 2. The van der Waals surface area contributed by atoms with Crippen LogP contribution in [0.15, 0.2) is 42.5 Å². The van der Waals surface area contributed by atoms with E-state index in [1.54, 1.807) is 41.0 Å². The van der Waals surface area contributed by atoms with Crippen molar-refractivity contribution in [1.82, 2.24) is 4.57 Å². The zero-order valence-electron chi connectivity index (χ0n) is 13.6. The minimum absolute atomic E-state index is 0.0983. The lowest BCUT2D eigenvalue weighted by molar-refractivity contribution is 0.0686. The van der Waals surface area contributed by atoms with Crippen LogP contribution in [0.2, 0.25) is 10.0 Å². The third kappa shape index (κ3) is 3.34. The van der Waals surface area contributed by atoms with Crippen LogP contribution < -0.4 is 4.90 Å². The molecule has 0 spiro atoms. The van der Waals surface area contributed by atoms with E-state index in [4.69, 9.17) is 28.3 Å². The zero-order valence-corrected chi connectivity index (χ0v) is 15.1. The Hall–Kier alpha value is -2.70. The molecule has 26 heavy (non-hydrogen) atoms. The maximum absolute atomic E-state index is 11.7. The standard InChI is InChI=1S/C18H14Cl2N2O4/c1-21(18(25)26)12-3-5-15-11(7-12)8-16(17(23)24)22(15)9-10-2-4-13(19)14(20)6-10/h2-8H,9H2,1H3,(H,23,24)(H,25,26). The number of amides is 1. The van der Waals surface area contributed by atoms with Gasteiger partial charge in [0.15, 0.2) is 0 Å². The first-order valence-electron chi connectivity index (χ1n) is 7.55. The van der Waals surface area contributed by atoms with E-state index in [9.17, 15) is 14.7 Å². The first kappa shape index (κ1) is 18.1. The van der Waals surface area contributed by atoms with Crippen LogP contribution in [0.3, 0.4) is 0 Å². The summed E-state index contributed by atoms with van der Waals surface area (Å²) in [6.45, 7) is 0.288. The smallest absolute Gasteiger partial charge is 0.411 e. The lowest BCUT2D eigenvalue weighted by Crippen LogP contribution is -2.23. The van der Waals surface area contributed by atoms with Crippen LogP contribution in [0.1, 0.15) is 16.1 Å². The van der Waals surface area contributed by atoms with E-state index in [0.29, 0.717) is 26.6 Å². The Balaban J connectivity index is 2.10. The highest BCUT2D eigenvalue weighted by Crippen LogP contribution is 2.28. The van der Waals surface area contributed by atoms with Crippen LogP contribution in [0.5, 0.6) is 0 Å². The number of benzene rings is 2. The molecule has 0 saturated heterocycles. The molecule has 3 rings (SSSR count). The van der Waals surface area contributed by atoms with Crippen LogP contribution >= 0.6 is 23.2 Å². The first-order chi connectivity index (χ1) is 12.3. The molecule has 6 nitrogen and oxygen atoms in total. The fraction of sp³-hybridized carbons (Fsp3) is 0.111. The van der Waals surface area contributed by atoms with Gasteiger partial charge in [0.2, 0.25) is 0 Å². The van der Waals surface area contributed by atoms with Gasteiger partial charge in [-0.15, -0.1) is 0 Å². The maximum Gasteiger partial charge on any atom is 0.411 e. The normalized spacial score (nSPS) is 10.9. The van der Waals surface area contributed by atoms with Gasteiger partial charge < -0.3 is 14.8 Å². The summed E-state index contributed by atoms with van der Waals surface area (Å²) in [4.78, 5) is 23.8. The number of aromatic carboxylic acids is 1. The summed E-state index contributed by atoms with van der Waals surface area (Å²) in [5, 5.41) is 20.1. The van der Waals surface area contributed by atoms with Crippen molar-refractivity contribution in [1.29, 1.82) is 0 Å². The Morgan fingerprint density at radius 3 is 2.38 bits per heavy atom. The number of carboxylic acids is 1. The molecule has 134 valence electrons. The Morgan fingerprint density at radius 2 is 1.77 bits per heavy atom. The Kier molecular flexibility index (Phi) is 4.80. The van der Waals surface area contributed by atoms with Gasteiger partial charge >= 0.3 is 12.1 Å². The molecule has 1 aromatic heterocycles. The molecule has 2 aromatic carbocycles. The highest BCUT2D eigenvalue weighted by molar-refractivity contribution is 6.42. The van der Waals surface area contributed by atoms with Crippen molar-refractivity contribution in [2.45, 2.75) is 6.54 Å². The molecule has 0 radical (unpaired) electrons. The number of hydrogen-bond acceptors (Lipinski definition) is 2. The van der Waals surface area contributed by atoms with Crippen LogP contribution in [-0.2, 0) is 6.54 Å². The molecule has 1 amide bonds. The van der Waals surface area contributed by atoms with Crippen molar-refractivity contribution in [3.8, 4) is 0 Å². The van der Waals surface area contributed by atoms with Gasteiger partial charge in [0.05, 0.1) is 10.0 Å². The third-order valence-corrected chi connectivity index (χ3v) is 4.84. The minimum Gasteiger partial charge on any atom is -0.477 e. The number of nitrogens with zero attached hydrogens (tertiary/aromatic N) is 2. The molecule has 1 heterocycles. The van der Waals surface area contributed by atoms with Crippen LogP contribution in [0, 0.1) is 0 Å². The number of hydrogen-bond donors (Lipinski definition) is 2. The summed E-state index contributed by atoms with van der Waals surface area (Å²) in [7, 11) is 1.42. The highest BCUT2D eigenvalue weighted by Gasteiger charge is 2.17. The van der Waals surface area contributed by atoms with E-state index in [1.807, 2.05) is 0 Å². The lowest BCUT2D eigenvalue weighted by Gasteiger charge is -2.14. The SMILES string of the molecule is CN(C(=O)O)c1ccc2c(c1)cc(C(=O)O)n2Cc1ccc(Cl)c(Cl)c1. The largest absolute Gasteiger partial charge is 0.477 e. The predicted octanol–water partition coefficient (Wildman–Crippen LogP) is 4.81. The molecular weight excluding hydrogens is 379 g/mol. The number of rotatable bonds is 4. The van der Waals surface area contributed by atoms with Gasteiger partial charge in [-0.05, 0) is 42.0 Å². The average molecular weight is 393 g/mol. The van der Waals surface area contributed by atoms with Crippen LogP contribution in [0.25, 0.3) is 10.9 Å². The number of halogens is 2. The second-order valence-electron chi connectivity index (χ2n) is 5.75. The fourth-order valence-corrected chi connectivity index (χ4v) is 3.07. The van der Waals surface area contributed by atoms with E-state index in [0.717, 1.165) is 10.5 Å². The molecule has 2 N–H and O–H groups in total. The third-order valence-electron chi connectivity index (χ3n) is 4.10. The van der Waals surface area contributed by atoms with Gasteiger partial charge in [0, 0.05) is 30.2 Å². The van der Waals surface area contributed by atoms with Crippen LogP contribution in [-0.4, -0.2) is 33.9 Å². The Morgan fingerprint density at radius 1 is 1.04 bits per heavy atom. The Labute approximate surface area is 158 Å². The molecular formula is C18H14Cl2N2O4. The second kappa shape index (κ2) is 6.90. The van der Waals surface area contributed by atoms with E-state index in [-0.39, 0.29) is 12.2 Å². The molecule has 0 aliphatic heterocycles. The number of carboxylic acid groups (broad SMARTS) is 2. The van der Waals surface area contributed by atoms with Gasteiger partial charge in [0.1, 0.15) is 5.69 Å². The van der Waals surface area contributed by atoms with E-state index in [2.05, 4.69) is 0 Å². The van der Waals surface area contributed by atoms with Crippen molar-refractivity contribution in [2.75, 3.05) is 11.9 Å². The van der Waals surface area contributed by atoms with Crippen molar-refractivity contribution < 1.29 is 19.8 Å². The number of anilines is 1. The monoisotopic (exact) mass is 392 g/mol. The minimum atomic E-state index is -1.10. The van der Waals surface area contributed by atoms with Crippen molar-refractivity contribution in [2.24, 2.45) is 0 Å². The van der Waals surface area contributed by atoms with Crippen molar-refractivity contribution in [3.63, 3.8) is 0 Å². The van der Waals surface area contributed by atoms with Gasteiger partial charge in [-0.2, -0.15) is 0 Å². The molecule has 0 aliphatic carbocycles. The van der Waals surface area contributed by atoms with Crippen molar-refractivity contribution in [3.05, 3.63) is 63.8 Å². The molecule has 0 atom stereocenters. The van der Waals surface area contributed by atoms with E-state index >= 15 is 0 Å². The molecule has 0 unspecified atom stereocenters. The van der Waals surface area contributed by atoms with E-state index < -0.39 is 12.1 Å². The summed E-state index contributed by atoms with van der Waals surface area (Å²) >= 11 is 12.0. The topological polar surface area (TPSA) is 82.8 Å². The highest BCUT2D eigenvalue weighted by atomic mass is 35.5. The Bertz CT molecular complexity index is 1030. The average Bonchev–Trinajstić information content (AvgIpc) is 2.95. The van der Waals surface area contributed by atoms with Crippen LogP contribution in [0.4, 0.5) is 10.5 Å². The summed E-state index contributed by atoms with van der Waals surface area (Å²) in [6, 6.07) is 11.6. The quantitative estimate of drug-likeness (QED) is 0.667. The van der Waals surface area contributed by atoms with Crippen molar-refractivity contribution >= 4 is 51.9 Å². The fourth-order valence-electron chi connectivity index (χ4n) is 2.75. The van der Waals surface area contributed by atoms with Gasteiger partial charge in [-0.1, -0.05) is 29.3 Å². The second-order valence-corrected chi connectivity index (χ2v) is 6.57. The predicted molar refractivity (Wildman–Crippen MR) is 101 cm³/mol. The first-order valence-corrected chi connectivity index (χ1v) is 8.30. The lowest BCUT2D eigenvalue weighted by atomic mass is 10.2. The zero-order chi connectivity index (χ0) is 19.0. The molecule has 8 heteroatoms. The molecule has 0 aliphatic rings. The summed E-state index contributed by atoms with van der Waals surface area (Å²) < 4.78 is 1.64. The molecule has 0 saturated carbocycles. The summed E-state index contributed by atoms with van der Waals surface area (Å²) in [5.41, 5.74) is 2.02. The van der Waals surface area contributed by atoms with Gasteiger partial charge in [-0.3, -0.25) is 4.90 Å².